The molecule has 0 bridgehead atoms. The summed E-state index contributed by atoms with van der Waals surface area (Å²) in [4.78, 5) is 14.1. The molecule has 180 valence electrons. The molecule has 5 nitrogen and oxygen atoms in total. The number of hydrogen-bond acceptors (Lipinski definition) is 3. The third kappa shape index (κ3) is 5.67. The monoisotopic (exact) mass is 470 g/mol. The molecule has 3 N–H and O–H groups in total. The molecule has 1 saturated carbocycles. The Kier molecular flexibility index (Phi) is 7.07. The molecule has 1 aliphatic carbocycles. The van der Waals surface area contributed by atoms with Gasteiger partial charge >= 0.3 is 6.18 Å². The Balaban J connectivity index is 1.33. The lowest BCUT2D eigenvalue weighted by atomic mass is 9.77. The van der Waals surface area contributed by atoms with Crippen molar-refractivity contribution in [1.82, 2.24) is 15.1 Å². The Morgan fingerprint density at radius 3 is 2.44 bits per heavy atom. The number of hydrogen-bond donors (Lipinski definition) is 2. The third-order valence-electron chi connectivity index (χ3n) is 6.65. The minimum Gasteiger partial charge on any atom is -0.366 e. The largest absolute Gasteiger partial charge is 0.416 e. The molecule has 0 atom stereocenters. The molecule has 0 aliphatic heterocycles. The summed E-state index contributed by atoms with van der Waals surface area (Å²) in [5.74, 6) is -0.275. The van der Waals surface area contributed by atoms with E-state index >= 15 is 0 Å². The predicted molar refractivity (Wildman–Crippen MR) is 125 cm³/mol. The summed E-state index contributed by atoms with van der Waals surface area (Å²) in [5.41, 5.74) is 8.27. The van der Waals surface area contributed by atoms with Crippen molar-refractivity contribution < 1.29 is 18.0 Å². The SMILES string of the molecule is CN(Cc1cc(-c2ccccc2)[nH]n1)C[C@H]1CC[C@H](c2ccc(C(F)(F)F)cc2C(N)=O)CC1. The van der Waals surface area contributed by atoms with E-state index in [2.05, 4.69) is 28.2 Å². The number of carbonyl (C=O) groups excluding carboxylic acids is 1. The normalized spacial score (nSPS) is 18.9. The predicted octanol–water partition coefficient (Wildman–Crippen LogP) is 5.60. The maximum atomic E-state index is 13.1. The van der Waals surface area contributed by atoms with Crippen molar-refractivity contribution in [2.75, 3.05) is 13.6 Å². The standard InChI is InChI=1S/C26H29F3N4O/c1-33(16-21-14-24(32-31-21)19-5-3-2-4-6-19)15-17-7-9-18(10-8-17)22-12-11-20(26(27,28)29)13-23(22)25(30)34/h2-6,11-14,17-18H,7-10,15-16H2,1H3,(H2,30,34)(H,31,32)/t17-,18-. The number of amides is 1. The molecule has 8 heteroatoms. The van der Waals surface area contributed by atoms with Crippen molar-refractivity contribution in [2.24, 2.45) is 11.7 Å². The van der Waals surface area contributed by atoms with Gasteiger partial charge in [0, 0.05) is 18.7 Å². The van der Waals surface area contributed by atoms with E-state index in [4.69, 9.17) is 5.73 Å². The second-order valence-electron chi connectivity index (χ2n) is 9.22. The van der Waals surface area contributed by atoms with Crippen LogP contribution in [0.1, 0.15) is 58.8 Å². The highest BCUT2D eigenvalue weighted by Crippen LogP contribution is 2.39. The van der Waals surface area contributed by atoms with Crippen molar-refractivity contribution in [1.29, 1.82) is 0 Å². The topological polar surface area (TPSA) is 75.0 Å². The number of H-pyrrole nitrogens is 1. The summed E-state index contributed by atoms with van der Waals surface area (Å²) in [6.07, 6.45) is -0.954. The van der Waals surface area contributed by atoms with Crippen molar-refractivity contribution in [3.63, 3.8) is 0 Å². The van der Waals surface area contributed by atoms with E-state index in [1.165, 1.54) is 6.07 Å². The summed E-state index contributed by atoms with van der Waals surface area (Å²) in [6, 6.07) is 15.5. The van der Waals surface area contributed by atoms with Gasteiger partial charge in [-0.1, -0.05) is 36.4 Å². The summed E-state index contributed by atoms with van der Waals surface area (Å²) < 4.78 is 39.2. The Morgan fingerprint density at radius 2 is 1.79 bits per heavy atom. The lowest BCUT2D eigenvalue weighted by Crippen LogP contribution is -2.28. The fraction of sp³-hybridized carbons (Fsp3) is 0.385. The number of carbonyl (C=O) groups is 1. The zero-order valence-electron chi connectivity index (χ0n) is 19.1. The highest BCUT2D eigenvalue weighted by molar-refractivity contribution is 5.94. The molecule has 1 heterocycles. The average Bonchev–Trinajstić information content (AvgIpc) is 3.27. The minimum atomic E-state index is -4.50. The minimum absolute atomic E-state index is 0.0110. The third-order valence-corrected chi connectivity index (χ3v) is 6.65. The van der Waals surface area contributed by atoms with E-state index < -0.39 is 17.6 Å². The summed E-state index contributed by atoms with van der Waals surface area (Å²) in [7, 11) is 2.07. The van der Waals surface area contributed by atoms with Crippen molar-refractivity contribution in [2.45, 2.75) is 44.3 Å². The van der Waals surface area contributed by atoms with Gasteiger partial charge in [-0.05, 0) is 73.9 Å². The van der Waals surface area contributed by atoms with Gasteiger partial charge < -0.3 is 10.6 Å². The molecule has 2 aromatic carbocycles. The molecule has 34 heavy (non-hydrogen) atoms. The van der Waals surface area contributed by atoms with E-state index in [1.54, 1.807) is 0 Å². The van der Waals surface area contributed by atoms with Gasteiger partial charge in [0.15, 0.2) is 0 Å². The van der Waals surface area contributed by atoms with Crippen molar-refractivity contribution in [3.05, 3.63) is 77.0 Å². The number of aromatic nitrogens is 2. The first-order valence-corrected chi connectivity index (χ1v) is 11.5. The fourth-order valence-corrected chi connectivity index (χ4v) is 4.95. The quantitative estimate of drug-likeness (QED) is 0.472. The van der Waals surface area contributed by atoms with E-state index in [0.29, 0.717) is 11.5 Å². The van der Waals surface area contributed by atoms with E-state index in [9.17, 15) is 18.0 Å². The molecule has 1 amide bonds. The molecule has 1 aliphatic rings. The first kappa shape index (κ1) is 24.0. The second kappa shape index (κ2) is 10.0. The highest BCUT2D eigenvalue weighted by atomic mass is 19.4. The van der Waals surface area contributed by atoms with Crippen molar-refractivity contribution in [3.8, 4) is 11.3 Å². The number of alkyl halides is 3. The van der Waals surface area contributed by atoms with Gasteiger partial charge in [0.25, 0.3) is 0 Å². The van der Waals surface area contributed by atoms with Gasteiger partial charge in [-0.2, -0.15) is 18.3 Å². The van der Waals surface area contributed by atoms with Gasteiger partial charge in [-0.15, -0.1) is 0 Å². The van der Waals surface area contributed by atoms with Crippen LogP contribution in [-0.4, -0.2) is 34.6 Å². The van der Waals surface area contributed by atoms with Crippen LogP contribution in [0.2, 0.25) is 0 Å². The number of primary amides is 1. The number of benzene rings is 2. The molecule has 0 radical (unpaired) electrons. The molecular weight excluding hydrogens is 441 g/mol. The number of nitrogens with two attached hydrogens (primary N) is 1. The van der Waals surface area contributed by atoms with Crippen LogP contribution in [0.15, 0.2) is 54.6 Å². The van der Waals surface area contributed by atoms with Crippen molar-refractivity contribution >= 4 is 5.91 Å². The van der Waals surface area contributed by atoms with Crippen LogP contribution in [0, 0.1) is 5.92 Å². The first-order chi connectivity index (χ1) is 16.2. The number of nitrogens with one attached hydrogen (secondary N) is 1. The van der Waals surface area contributed by atoms with E-state index in [0.717, 1.165) is 67.9 Å². The van der Waals surface area contributed by atoms with Gasteiger partial charge in [0.05, 0.1) is 17.0 Å². The summed E-state index contributed by atoms with van der Waals surface area (Å²) in [5, 5.41) is 7.54. The molecule has 0 spiro atoms. The fourth-order valence-electron chi connectivity index (χ4n) is 4.95. The molecule has 0 saturated heterocycles. The summed E-state index contributed by atoms with van der Waals surface area (Å²) in [6.45, 7) is 1.64. The van der Waals surface area contributed by atoms with Crippen LogP contribution >= 0.6 is 0 Å². The molecule has 4 rings (SSSR count). The lowest BCUT2D eigenvalue weighted by Gasteiger charge is -2.32. The number of nitrogens with zero attached hydrogens (tertiary/aromatic N) is 2. The Bertz CT molecular complexity index is 1120. The van der Waals surface area contributed by atoms with Gasteiger partial charge in [0.2, 0.25) is 5.91 Å². The van der Waals surface area contributed by atoms with Gasteiger partial charge in [0.1, 0.15) is 0 Å². The Morgan fingerprint density at radius 1 is 1.09 bits per heavy atom. The summed E-state index contributed by atoms with van der Waals surface area (Å²) >= 11 is 0. The maximum absolute atomic E-state index is 13.1. The van der Waals surface area contributed by atoms with Crippen LogP contribution in [-0.2, 0) is 12.7 Å². The molecule has 3 aromatic rings. The Hall–Kier alpha value is -3.13. The van der Waals surface area contributed by atoms with Crippen LogP contribution < -0.4 is 5.73 Å². The number of aromatic amines is 1. The van der Waals surface area contributed by atoms with Crippen LogP contribution in [0.5, 0.6) is 0 Å². The average molecular weight is 471 g/mol. The Labute approximate surface area is 197 Å². The zero-order chi connectivity index (χ0) is 24.3. The molecule has 1 fully saturated rings. The first-order valence-electron chi connectivity index (χ1n) is 11.5. The zero-order valence-corrected chi connectivity index (χ0v) is 19.1. The second-order valence-corrected chi connectivity index (χ2v) is 9.22. The maximum Gasteiger partial charge on any atom is 0.416 e. The molecule has 1 aromatic heterocycles. The number of rotatable bonds is 7. The molecule has 0 unspecified atom stereocenters. The smallest absolute Gasteiger partial charge is 0.366 e. The highest BCUT2D eigenvalue weighted by Gasteiger charge is 2.33. The van der Waals surface area contributed by atoms with E-state index in [-0.39, 0.29) is 11.5 Å². The molecular formula is C26H29F3N4O. The van der Waals surface area contributed by atoms with Crippen LogP contribution in [0.4, 0.5) is 13.2 Å². The van der Waals surface area contributed by atoms with E-state index in [1.807, 2.05) is 30.3 Å². The van der Waals surface area contributed by atoms with Gasteiger partial charge in [-0.3, -0.25) is 9.89 Å². The van der Waals surface area contributed by atoms with Crippen LogP contribution in [0.25, 0.3) is 11.3 Å². The lowest BCUT2D eigenvalue weighted by molar-refractivity contribution is -0.137. The van der Waals surface area contributed by atoms with Gasteiger partial charge in [-0.25, -0.2) is 0 Å². The van der Waals surface area contributed by atoms with Crippen LogP contribution in [0.3, 0.4) is 0 Å². The number of halogens is 3.